The highest BCUT2D eigenvalue weighted by atomic mass is 16.5. The second-order valence-corrected chi connectivity index (χ2v) is 7.62. The number of rotatable bonds is 9. The summed E-state index contributed by atoms with van der Waals surface area (Å²) < 4.78 is 21.7. The van der Waals surface area contributed by atoms with E-state index in [1.165, 1.54) is 7.11 Å². The Labute approximate surface area is 192 Å². The van der Waals surface area contributed by atoms with Gasteiger partial charge in [0.25, 0.3) is 0 Å². The van der Waals surface area contributed by atoms with E-state index < -0.39 is 6.04 Å². The van der Waals surface area contributed by atoms with Crippen LogP contribution in [0.15, 0.2) is 30.3 Å². The zero-order valence-corrected chi connectivity index (χ0v) is 19.6. The number of hydrogen-bond acceptors (Lipinski definition) is 8. The lowest BCUT2D eigenvalue weighted by Gasteiger charge is -2.17. The van der Waals surface area contributed by atoms with Crippen LogP contribution < -0.4 is 30.0 Å². The molecule has 0 saturated heterocycles. The minimum absolute atomic E-state index is 0.0115. The Morgan fingerprint density at radius 2 is 1.58 bits per heavy atom. The van der Waals surface area contributed by atoms with Crippen molar-refractivity contribution in [1.29, 1.82) is 0 Å². The molecular formula is C23H29N5O5. The molecule has 33 heavy (non-hydrogen) atoms. The lowest BCUT2D eigenvalue weighted by atomic mass is 10.0. The van der Waals surface area contributed by atoms with Crippen molar-refractivity contribution in [3.05, 3.63) is 30.3 Å². The van der Waals surface area contributed by atoms with Crippen LogP contribution >= 0.6 is 0 Å². The molecule has 0 aliphatic carbocycles. The predicted octanol–water partition coefficient (Wildman–Crippen LogP) is 3.09. The van der Waals surface area contributed by atoms with E-state index in [4.69, 9.17) is 24.7 Å². The van der Waals surface area contributed by atoms with Crippen molar-refractivity contribution in [2.24, 2.45) is 11.7 Å². The number of methoxy groups -OCH3 is 4. The van der Waals surface area contributed by atoms with Gasteiger partial charge in [-0.1, -0.05) is 19.1 Å². The number of anilines is 1. The Bertz CT molecular complexity index is 1100. The van der Waals surface area contributed by atoms with Crippen molar-refractivity contribution in [3.8, 4) is 45.5 Å². The summed E-state index contributed by atoms with van der Waals surface area (Å²) in [7, 11) is 6.17. The molecule has 1 unspecified atom stereocenters. The first-order valence-corrected chi connectivity index (χ1v) is 10.3. The summed E-state index contributed by atoms with van der Waals surface area (Å²) in [6, 6.07) is 8.30. The smallest absolute Gasteiger partial charge is 0.241 e. The van der Waals surface area contributed by atoms with E-state index in [9.17, 15) is 4.79 Å². The van der Waals surface area contributed by atoms with Crippen LogP contribution in [0.4, 0.5) is 5.69 Å². The normalized spacial score (nSPS) is 11.8. The number of nitrogens with two attached hydrogens (primary N) is 1. The molecule has 3 aromatic rings. The monoisotopic (exact) mass is 455 g/mol. The highest BCUT2D eigenvalue weighted by Gasteiger charge is 2.21. The lowest BCUT2D eigenvalue weighted by molar-refractivity contribution is -0.118. The largest absolute Gasteiger partial charge is 0.495 e. The van der Waals surface area contributed by atoms with E-state index in [-0.39, 0.29) is 11.8 Å². The Morgan fingerprint density at radius 1 is 0.939 bits per heavy atom. The highest BCUT2D eigenvalue weighted by Crippen LogP contribution is 2.42. The third-order valence-corrected chi connectivity index (χ3v) is 5.25. The van der Waals surface area contributed by atoms with Crippen LogP contribution in [0.1, 0.15) is 13.8 Å². The maximum atomic E-state index is 12.5. The molecule has 1 heterocycles. The van der Waals surface area contributed by atoms with Gasteiger partial charge in [-0.15, -0.1) is 5.10 Å². The molecule has 0 fully saturated rings. The average Bonchev–Trinajstić information content (AvgIpc) is 3.32. The predicted molar refractivity (Wildman–Crippen MR) is 125 cm³/mol. The quantitative estimate of drug-likeness (QED) is 0.448. The Morgan fingerprint density at radius 3 is 2.12 bits per heavy atom. The second-order valence-electron chi connectivity index (χ2n) is 7.62. The number of nitrogens with one attached hydrogen (secondary N) is 2. The van der Waals surface area contributed by atoms with Crippen molar-refractivity contribution in [2.75, 3.05) is 33.8 Å². The molecule has 1 atom stereocenters. The van der Waals surface area contributed by atoms with Gasteiger partial charge in [0.05, 0.1) is 45.9 Å². The Hall–Kier alpha value is -3.79. The van der Waals surface area contributed by atoms with E-state index >= 15 is 0 Å². The van der Waals surface area contributed by atoms with Gasteiger partial charge in [0, 0.05) is 11.1 Å². The van der Waals surface area contributed by atoms with Gasteiger partial charge in [0.15, 0.2) is 11.5 Å². The van der Waals surface area contributed by atoms with Crippen molar-refractivity contribution in [1.82, 2.24) is 15.4 Å². The molecule has 0 radical (unpaired) electrons. The summed E-state index contributed by atoms with van der Waals surface area (Å²) in [6.07, 6.45) is 0. The van der Waals surface area contributed by atoms with Gasteiger partial charge >= 0.3 is 0 Å². The second kappa shape index (κ2) is 10.2. The van der Waals surface area contributed by atoms with Crippen LogP contribution in [0.25, 0.3) is 22.5 Å². The standard InChI is InChI=1S/C23H29N5O5/c1-12(2)19(24)23(29)25-15-9-13(7-8-16(15)30-3)20-21(27-28-26-20)14-10-17(31-4)22(33-6)18(11-14)32-5/h7-12,19H,24H2,1-6H3,(H,25,29)(H,26,27,28). The highest BCUT2D eigenvalue weighted by molar-refractivity contribution is 5.97. The summed E-state index contributed by atoms with van der Waals surface area (Å²) in [5, 5.41) is 14.0. The first-order chi connectivity index (χ1) is 15.8. The zero-order chi connectivity index (χ0) is 24.1. The van der Waals surface area contributed by atoms with Gasteiger partial charge in [0.1, 0.15) is 11.4 Å². The van der Waals surface area contributed by atoms with Gasteiger partial charge in [-0.3, -0.25) is 9.89 Å². The third-order valence-electron chi connectivity index (χ3n) is 5.25. The molecule has 4 N–H and O–H groups in total. The molecule has 1 aromatic heterocycles. The molecule has 176 valence electrons. The molecule has 0 aliphatic rings. The third kappa shape index (κ3) is 4.85. The van der Waals surface area contributed by atoms with Crippen molar-refractivity contribution in [2.45, 2.75) is 19.9 Å². The van der Waals surface area contributed by atoms with E-state index in [2.05, 4.69) is 20.7 Å². The molecule has 0 aliphatic heterocycles. The van der Waals surface area contributed by atoms with Crippen LogP contribution in [0.5, 0.6) is 23.0 Å². The number of carbonyl (C=O) groups is 1. The number of ether oxygens (including phenoxy) is 4. The fourth-order valence-corrected chi connectivity index (χ4v) is 3.33. The number of hydrogen-bond donors (Lipinski definition) is 3. The molecule has 0 saturated carbocycles. The van der Waals surface area contributed by atoms with Crippen molar-refractivity contribution < 1.29 is 23.7 Å². The van der Waals surface area contributed by atoms with Gasteiger partial charge < -0.3 is 30.0 Å². The molecule has 3 rings (SSSR count). The summed E-state index contributed by atoms with van der Waals surface area (Å²) in [4.78, 5) is 12.5. The minimum atomic E-state index is -0.651. The SMILES string of the molecule is COc1ccc(-c2[nH]nnc2-c2cc(OC)c(OC)c(OC)c2)cc1NC(=O)C(N)C(C)C. The number of H-pyrrole nitrogens is 1. The number of aromatic nitrogens is 3. The molecule has 2 aromatic carbocycles. The number of benzene rings is 2. The minimum Gasteiger partial charge on any atom is -0.495 e. The zero-order valence-electron chi connectivity index (χ0n) is 19.6. The first-order valence-electron chi connectivity index (χ1n) is 10.3. The van der Waals surface area contributed by atoms with Crippen LogP contribution in [0.3, 0.4) is 0 Å². The number of amides is 1. The maximum Gasteiger partial charge on any atom is 0.241 e. The van der Waals surface area contributed by atoms with Gasteiger partial charge in [-0.25, -0.2) is 0 Å². The van der Waals surface area contributed by atoms with E-state index in [1.807, 2.05) is 19.9 Å². The fourth-order valence-electron chi connectivity index (χ4n) is 3.33. The number of nitrogens with zero attached hydrogens (tertiary/aromatic N) is 2. The number of aromatic amines is 1. The summed E-state index contributed by atoms with van der Waals surface area (Å²) in [5.74, 6) is 1.66. The molecule has 1 amide bonds. The molecule has 10 heteroatoms. The number of carbonyl (C=O) groups excluding carboxylic acids is 1. The van der Waals surface area contributed by atoms with Crippen LogP contribution in [-0.4, -0.2) is 55.8 Å². The molecular weight excluding hydrogens is 426 g/mol. The van der Waals surface area contributed by atoms with E-state index in [1.54, 1.807) is 45.6 Å². The lowest BCUT2D eigenvalue weighted by Crippen LogP contribution is -2.39. The van der Waals surface area contributed by atoms with Crippen molar-refractivity contribution in [3.63, 3.8) is 0 Å². The van der Waals surface area contributed by atoms with Crippen molar-refractivity contribution >= 4 is 11.6 Å². The molecule has 0 spiro atoms. The Kier molecular flexibility index (Phi) is 7.39. The van der Waals surface area contributed by atoms with E-state index in [0.717, 1.165) is 5.56 Å². The van der Waals surface area contributed by atoms with Crippen LogP contribution in [0, 0.1) is 5.92 Å². The van der Waals surface area contributed by atoms with Gasteiger partial charge in [0.2, 0.25) is 11.7 Å². The topological polar surface area (TPSA) is 134 Å². The van der Waals surface area contributed by atoms with Crippen LogP contribution in [-0.2, 0) is 4.79 Å². The van der Waals surface area contributed by atoms with Gasteiger partial charge in [-0.2, -0.15) is 0 Å². The average molecular weight is 456 g/mol. The maximum absolute atomic E-state index is 12.5. The Balaban J connectivity index is 2.06. The first kappa shape index (κ1) is 23.9. The van der Waals surface area contributed by atoms with Gasteiger partial charge in [-0.05, 0) is 36.2 Å². The summed E-state index contributed by atoms with van der Waals surface area (Å²) in [6.45, 7) is 3.77. The van der Waals surface area contributed by atoms with E-state index in [0.29, 0.717) is 45.6 Å². The fraction of sp³-hybridized carbons (Fsp3) is 0.348. The van der Waals surface area contributed by atoms with Crippen LogP contribution in [0.2, 0.25) is 0 Å². The summed E-state index contributed by atoms with van der Waals surface area (Å²) >= 11 is 0. The molecule has 10 nitrogen and oxygen atoms in total. The summed E-state index contributed by atoms with van der Waals surface area (Å²) in [5.41, 5.74) is 9.12. The molecule has 0 bridgehead atoms.